The molecule has 0 bridgehead atoms. The van der Waals surface area contributed by atoms with E-state index in [0.717, 1.165) is 11.3 Å². The first kappa shape index (κ1) is 13.7. The second kappa shape index (κ2) is 5.95. The van der Waals surface area contributed by atoms with Crippen LogP contribution in [0.4, 0.5) is 5.13 Å². The molecule has 1 unspecified atom stereocenters. The molecule has 1 heterocycles. The Balaban J connectivity index is 2.06. The fourth-order valence-electron chi connectivity index (χ4n) is 1.56. The summed E-state index contributed by atoms with van der Waals surface area (Å²) in [5.41, 5.74) is 2.71. The van der Waals surface area contributed by atoms with Crippen LogP contribution in [-0.4, -0.2) is 17.9 Å². The Labute approximate surface area is 116 Å². The van der Waals surface area contributed by atoms with Gasteiger partial charge >= 0.3 is 0 Å². The average Bonchev–Trinajstić information content (AvgIpc) is 2.87. The summed E-state index contributed by atoms with van der Waals surface area (Å²) in [6, 6.07) is 7.66. The van der Waals surface area contributed by atoms with Gasteiger partial charge in [0.15, 0.2) is 5.13 Å². The number of aryl methyl sites for hydroxylation is 1. The van der Waals surface area contributed by atoms with Crippen LogP contribution in [0.1, 0.15) is 34.6 Å². The fourth-order valence-corrected chi connectivity index (χ4v) is 2.36. The second-order valence-electron chi connectivity index (χ2n) is 4.41. The van der Waals surface area contributed by atoms with Crippen molar-refractivity contribution in [3.63, 3.8) is 0 Å². The topological polar surface area (TPSA) is 54.0 Å². The summed E-state index contributed by atoms with van der Waals surface area (Å²) in [6.45, 7) is 4.02. The molecule has 19 heavy (non-hydrogen) atoms. The van der Waals surface area contributed by atoms with Gasteiger partial charge in [-0.15, -0.1) is 11.3 Å². The van der Waals surface area contributed by atoms with Crippen molar-refractivity contribution in [2.45, 2.75) is 19.9 Å². The standard InChI is InChI=1S/C14H17N3OS/c1-9-4-6-11(7-5-9)13(18)17-14-16-12(8-19-14)10(2)15-3/h4-8,10,15H,1-3H3,(H,16,17,18). The van der Waals surface area contributed by atoms with E-state index in [9.17, 15) is 4.79 Å². The van der Waals surface area contributed by atoms with Crippen LogP contribution in [0.15, 0.2) is 29.6 Å². The third-order valence-electron chi connectivity index (χ3n) is 2.93. The predicted octanol–water partition coefficient (Wildman–Crippen LogP) is 2.98. The van der Waals surface area contributed by atoms with Crippen molar-refractivity contribution >= 4 is 22.4 Å². The number of benzene rings is 1. The Morgan fingerprint density at radius 3 is 2.63 bits per heavy atom. The summed E-state index contributed by atoms with van der Waals surface area (Å²) in [4.78, 5) is 16.4. The molecule has 1 aromatic heterocycles. The third-order valence-corrected chi connectivity index (χ3v) is 3.71. The molecule has 2 N–H and O–H groups in total. The first-order valence-electron chi connectivity index (χ1n) is 6.11. The predicted molar refractivity (Wildman–Crippen MR) is 78.7 cm³/mol. The van der Waals surface area contributed by atoms with Gasteiger partial charge in [0.25, 0.3) is 5.91 Å². The number of aromatic nitrogens is 1. The molecule has 0 fully saturated rings. The molecule has 4 nitrogen and oxygen atoms in total. The van der Waals surface area contributed by atoms with Crippen LogP contribution >= 0.6 is 11.3 Å². The minimum atomic E-state index is -0.127. The third kappa shape index (κ3) is 3.39. The molecule has 0 aliphatic heterocycles. The van der Waals surface area contributed by atoms with E-state index in [4.69, 9.17) is 0 Å². The molecule has 1 amide bonds. The molecule has 0 aliphatic carbocycles. The van der Waals surface area contributed by atoms with E-state index in [-0.39, 0.29) is 11.9 Å². The van der Waals surface area contributed by atoms with E-state index in [1.165, 1.54) is 11.3 Å². The van der Waals surface area contributed by atoms with E-state index in [1.54, 1.807) is 0 Å². The SMILES string of the molecule is CNC(C)c1csc(NC(=O)c2ccc(C)cc2)n1. The lowest BCUT2D eigenvalue weighted by Gasteiger charge is -2.05. The number of anilines is 1. The minimum Gasteiger partial charge on any atom is -0.312 e. The Kier molecular flexibility index (Phi) is 4.29. The first-order chi connectivity index (χ1) is 9.10. The second-order valence-corrected chi connectivity index (χ2v) is 5.27. The van der Waals surface area contributed by atoms with Crippen LogP contribution in [0, 0.1) is 6.92 Å². The van der Waals surface area contributed by atoms with Crippen molar-refractivity contribution in [1.82, 2.24) is 10.3 Å². The maximum absolute atomic E-state index is 12.0. The van der Waals surface area contributed by atoms with Gasteiger partial charge in [-0.2, -0.15) is 0 Å². The highest BCUT2D eigenvalue weighted by Crippen LogP contribution is 2.20. The molecule has 5 heteroatoms. The lowest BCUT2D eigenvalue weighted by molar-refractivity contribution is 0.102. The molecule has 2 aromatic rings. The molecule has 0 spiro atoms. The van der Waals surface area contributed by atoms with Gasteiger partial charge in [0, 0.05) is 17.0 Å². The smallest absolute Gasteiger partial charge is 0.257 e. The summed E-state index contributed by atoms with van der Waals surface area (Å²) in [5, 5.41) is 8.51. The van der Waals surface area contributed by atoms with Crippen LogP contribution in [0.25, 0.3) is 0 Å². The summed E-state index contributed by atoms with van der Waals surface area (Å²) in [6.07, 6.45) is 0. The molecule has 0 saturated carbocycles. The van der Waals surface area contributed by atoms with Crippen LogP contribution in [-0.2, 0) is 0 Å². The number of rotatable bonds is 4. The van der Waals surface area contributed by atoms with E-state index >= 15 is 0 Å². The van der Waals surface area contributed by atoms with Gasteiger partial charge in [0.2, 0.25) is 0 Å². The fraction of sp³-hybridized carbons (Fsp3) is 0.286. The van der Waals surface area contributed by atoms with E-state index in [0.29, 0.717) is 10.7 Å². The summed E-state index contributed by atoms with van der Waals surface area (Å²) >= 11 is 1.44. The molecule has 2 rings (SSSR count). The van der Waals surface area contributed by atoms with Gasteiger partial charge in [0.05, 0.1) is 5.69 Å². The van der Waals surface area contributed by atoms with E-state index in [2.05, 4.69) is 15.6 Å². The quantitative estimate of drug-likeness (QED) is 0.902. The maximum Gasteiger partial charge on any atom is 0.257 e. The number of carbonyl (C=O) groups is 1. The van der Waals surface area contributed by atoms with Crippen LogP contribution in [0.5, 0.6) is 0 Å². The Morgan fingerprint density at radius 1 is 1.32 bits per heavy atom. The zero-order valence-corrected chi connectivity index (χ0v) is 12.0. The van der Waals surface area contributed by atoms with Crippen molar-refractivity contribution in [2.24, 2.45) is 0 Å². The monoisotopic (exact) mass is 275 g/mol. The molecule has 0 radical (unpaired) electrons. The number of nitrogens with one attached hydrogen (secondary N) is 2. The highest BCUT2D eigenvalue weighted by Gasteiger charge is 2.11. The molecule has 100 valence electrons. The Morgan fingerprint density at radius 2 is 2.00 bits per heavy atom. The normalized spacial score (nSPS) is 12.2. The minimum absolute atomic E-state index is 0.127. The van der Waals surface area contributed by atoms with Gasteiger partial charge in [-0.25, -0.2) is 4.98 Å². The lowest BCUT2D eigenvalue weighted by Crippen LogP contribution is -2.14. The molecule has 1 aromatic carbocycles. The van der Waals surface area contributed by atoms with Gasteiger partial charge in [-0.05, 0) is 33.0 Å². The number of carbonyl (C=O) groups excluding carboxylic acids is 1. The number of nitrogens with zero attached hydrogens (tertiary/aromatic N) is 1. The summed E-state index contributed by atoms with van der Waals surface area (Å²) < 4.78 is 0. The zero-order valence-electron chi connectivity index (χ0n) is 11.2. The number of hydrogen-bond donors (Lipinski definition) is 2. The van der Waals surface area contributed by atoms with Gasteiger partial charge < -0.3 is 5.32 Å². The Hall–Kier alpha value is -1.72. The highest BCUT2D eigenvalue weighted by atomic mass is 32.1. The highest BCUT2D eigenvalue weighted by molar-refractivity contribution is 7.14. The molecule has 0 saturated heterocycles. The molecule has 1 atom stereocenters. The van der Waals surface area contributed by atoms with Crippen LogP contribution in [0.3, 0.4) is 0 Å². The number of thiazole rings is 1. The van der Waals surface area contributed by atoms with Gasteiger partial charge in [-0.3, -0.25) is 10.1 Å². The molecular formula is C14H17N3OS. The summed E-state index contributed by atoms with van der Waals surface area (Å²) in [7, 11) is 1.88. The average molecular weight is 275 g/mol. The van der Waals surface area contributed by atoms with Crippen LogP contribution < -0.4 is 10.6 Å². The number of amides is 1. The summed E-state index contributed by atoms with van der Waals surface area (Å²) in [5.74, 6) is -0.127. The van der Waals surface area contributed by atoms with Crippen molar-refractivity contribution in [1.29, 1.82) is 0 Å². The maximum atomic E-state index is 12.0. The Bertz CT molecular complexity index is 562. The van der Waals surface area contributed by atoms with Crippen molar-refractivity contribution in [3.05, 3.63) is 46.5 Å². The largest absolute Gasteiger partial charge is 0.312 e. The van der Waals surface area contributed by atoms with Crippen molar-refractivity contribution < 1.29 is 4.79 Å². The van der Waals surface area contributed by atoms with Crippen molar-refractivity contribution in [3.8, 4) is 0 Å². The number of hydrogen-bond acceptors (Lipinski definition) is 4. The zero-order chi connectivity index (χ0) is 13.8. The molecule has 0 aliphatic rings. The van der Waals surface area contributed by atoms with Crippen LogP contribution in [0.2, 0.25) is 0 Å². The first-order valence-corrected chi connectivity index (χ1v) is 6.99. The lowest BCUT2D eigenvalue weighted by atomic mass is 10.1. The van der Waals surface area contributed by atoms with Crippen molar-refractivity contribution in [2.75, 3.05) is 12.4 Å². The van der Waals surface area contributed by atoms with Gasteiger partial charge in [-0.1, -0.05) is 17.7 Å². The van der Waals surface area contributed by atoms with Gasteiger partial charge in [0.1, 0.15) is 0 Å². The van der Waals surface area contributed by atoms with E-state index < -0.39 is 0 Å². The van der Waals surface area contributed by atoms with E-state index in [1.807, 2.05) is 50.5 Å². The molecular weight excluding hydrogens is 258 g/mol.